The summed E-state index contributed by atoms with van der Waals surface area (Å²) >= 11 is 3.66. The van der Waals surface area contributed by atoms with Gasteiger partial charge in [0.2, 0.25) is 0 Å². The highest BCUT2D eigenvalue weighted by atomic mass is 32.2. The van der Waals surface area contributed by atoms with Gasteiger partial charge in [-0.3, -0.25) is 9.78 Å². The number of morpholine rings is 1. The molecule has 1 aliphatic carbocycles. The average molecular weight is 611 g/mol. The number of benzene rings is 2. The molecule has 2 aromatic heterocycles. The van der Waals surface area contributed by atoms with Gasteiger partial charge in [0.15, 0.2) is 0 Å². The molecule has 2 aliphatic heterocycles. The lowest BCUT2D eigenvalue weighted by Crippen LogP contribution is -2.41. The number of nitrogens with one attached hydrogen (secondary N) is 2. The van der Waals surface area contributed by atoms with E-state index >= 15 is 0 Å². The highest BCUT2D eigenvalue weighted by Crippen LogP contribution is 2.52. The molecule has 2 N–H and O–H groups in total. The summed E-state index contributed by atoms with van der Waals surface area (Å²) in [6.07, 6.45) is 11.4. The van der Waals surface area contributed by atoms with Crippen LogP contribution in [0, 0.1) is 12.8 Å². The second-order valence-corrected chi connectivity index (χ2v) is 14.1. The molecule has 4 heterocycles. The Hall–Kier alpha value is -3.20. The van der Waals surface area contributed by atoms with E-state index in [0.717, 1.165) is 23.7 Å². The second-order valence-electron chi connectivity index (χ2n) is 11.9. The molecule has 2 atom stereocenters. The molecule has 4 aromatic rings. The molecular weight excluding hydrogens is 573 g/mol. The number of aromatic nitrogens is 2. The molecule has 43 heavy (non-hydrogen) atoms. The van der Waals surface area contributed by atoms with Crippen LogP contribution < -0.4 is 15.8 Å². The Labute approximate surface area is 262 Å². The smallest absolute Gasteiger partial charge is 0.271 e. The maximum atomic E-state index is 12.5. The Morgan fingerprint density at radius 3 is 2.77 bits per heavy atom. The highest BCUT2D eigenvalue weighted by Gasteiger charge is 2.29. The van der Waals surface area contributed by atoms with Crippen molar-refractivity contribution in [2.24, 2.45) is 5.92 Å². The van der Waals surface area contributed by atoms with Crippen molar-refractivity contribution in [3.05, 3.63) is 100 Å². The molecule has 222 valence electrons. The van der Waals surface area contributed by atoms with Crippen molar-refractivity contribution in [3.63, 3.8) is 0 Å². The van der Waals surface area contributed by atoms with Crippen LogP contribution in [0.25, 0.3) is 0 Å². The van der Waals surface area contributed by atoms with E-state index in [4.69, 9.17) is 9.72 Å². The minimum absolute atomic E-state index is 0.0550. The normalized spacial score (nSPS) is 19.4. The van der Waals surface area contributed by atoms with E-state index < -0.39 is 0 Å². The van der Waals surface area contributed by atoms with Crippen molar-refractivity contribution in [1.82, 2.24) is 9.97 Å². The lowest BCUT2D eigenvalue weighted by molar-refractivity contribution is 0.0378. The lowest BCUT2D eigenvalue weighted by atomic mass is 9.84. The van der Waals surface area contributed by atoms with Crippen LogP contribution in [0.4, 0.5) is 11.4 Å². The third-order valence-electron chi connectivity index (χ3n) is 8.86. The van der Waals surface area contributed by atoms with E-state index in [1.54, 1.807) is 6.20 Å². The zero-order valence-electron chi connectivity index (χ0n) is 24.6. The van der Waals surface area contributed by atoms with Gasteiger partial charge >= 0.3 is 0 Å². The average Bonchev–Trinajstić information content (AvgIpc) is 3.04. The van der Waals surface area contributed by atoms with Crippen molar-refractivity contribution >= 4 is 34.9 Å². The highest BCUT2D eigenvalue weighted by molar-refractivity contribution is 8.05. The summed E-state index contributed by atoms with van der Waals surface area (Å²) in [4.78, 5) is 27.3. The van der Waals surface area contributed by atoms with Gasteiger partial charge in [-0.15, -0.1) is 0 Å². The quantitative estimate of drug-likeness (QED) is 0.192. The number of rotatable bonds is 7. The largest absolute Gasteiger partial charge is 0.377 e. The van der Waals surface area contributed by atoms with Gasteiger partial charge in [0.1, 0.15) is 11.8 Å². The number of H-pyrrole nitrogens is 1. The molecule has 1 saturated carbocycles. The second kappa shape index (κ2) is 12.8. The van der Waals surface area contributed by atoms with Crippen LogP contribution in [-0.4, -0.2) is 29.7 Å². The maximum Gasteiger partial charge on any atom is 0.271 e. The number of fused-ring (bicyclic) bond motifs is 2. The van der Waals surface area contributed by atoms with E-state index in [1.165, 1.54) is 62.8 Å². The fraction of sp³-hybridized carbons (Fsp3) is 0.371. The Morgan fingerprint density at radius 1 is 1.02 bits per heavy atom. The van der Waals surface area contributed by atoms with Gasteiger partial charge in [-0.05, 0) is 72.9 Å². The van der Waals surface area contributed by atoms with Gasteiger partial charge in [0.05, 0.1) is 18.3 Å². The first-order valence-corrected chi connectivity index (χ1v) is 17.1. The Kier molecular flexibility index (Phi) is 8.51. The van der Waals surface area contributed by atoms with Gasteiger partial charge < -0.3 is 19.9 Å². The minimum atomic E-state index is -0.0959. The van der Waals surface area contributed by atoms with Gasteiger partial charge in [-0.1, -0.05) is 73.8 Å². The SMILES string of the molecule is Cc1ccc(C(CC2CCCCC2)Nc2ccc3c(c2)Sc2cccc(C4CN(c5ccc[nH]c5=O)CCO4)c2S3)nc1. The van der Waals surface area contributed by atoms with Crippen molar-refractivity contribution < 1.29 is 4.74 Å². The summed E-state index contributed by atoms with van der Waals surface area (Å²) in [6, 6.07) is 21.7. The molecule has 7 rings (SSSR count). The standard InChI is InChI=1S/C35H38N4O2S2/c1-23-12-14-27(37-21-23)28(19-24-7-3-2-4-8-24)38-25-13-15-31-33(20-25)42-32-11-5-9-26(34(32)43-31)30-22-39(17-18-41-30)29-10-6-16-36-35(29)40/h5-6,9-16,20-21,24,28,30,38H,2-4,7-8,17-19,22H2,1H3,(H,36,40). The molecule has 3 aliphatic rings. The van der Waals surface area contributed by atoms with Gasteiger partial charge in [0, 0.05) is 50.8 Å². The number of hydrogen-bond donors (Lipinski definition) is 2. The first-order valence-electron chi connectivity index (χ1n) is 15.5. The van der Waals surface area contributed by atoms with E-state index in [2.05, 4.69) is 70.7 Å². The summed E-state index contributed by atoms with van der Waals surface area (Å²) in [5.41, 5.74) is 5.31. The predicted octanol–water partition coefficient (Wildman–Crippen LogP) is 8.40. The number of anilines is 2. The van der Waals surface area contributed by atoms with E-state index in [9.17, 15) is 4.79 Å². The molecule has 2 unspecified atom stereocenters. The van der Waals surface area contributed by atoms with Crippen LogP contribution in [0.1, 0.15) is 67.5 Å². The zero-order chi connectivity index (χ0) is 29.2. The van der Waals surface area contributed by atoms with Crippen LogP contribution in [0.15, 0.2) is 97.4 Å². The van der Waals surface area contributed by atoms with Crippen LogP contribution in [0.3, 0.4) is 0 Å². The number of nitrogens with zero attached hydrogens (tertiary/aromatic N) is 2. The number of ether oxygens (including phenoxy) is 1. The number of aromatic amines is 1. The summed E-state index contributed by atoms with van der Waals surface area (Å²) in [5.74, 6) is 0.750. The third-order valence-corrected chi connectivity index (χ3v) is 11.5. The molecule has 0 radical (unpaired) electrons. The Bertz CT molecular complexity index is 1630. The minimum Gasteiger partial charge on any atom is -0.377 e. The third kappa shape index (κ3) is 6.37. The van der Waals surface area contributed by atoms with Crippen LogP contribution in [-0.2, 0) is 4.74 Å². The first-order chi connectivity index (χ1) is 21.1. The number of aryl methyl sites for hydroxylation is 1. The van der Waals surface area contributed by atoms with Crippen molar-refractivity contribution in [2.45, 2.75) is 77.2 Å². The molecular formula is C35H38N4O2S2. The molecule has 0 amide bonds. The van der Waals surface area contributed by atoms with Crippen molar-refractivity contribution in [3.8, 4) is 0 Å². The number of pyridine rings is 2. The van der Waals surface area contributed by atoms with E-state index in [-0.39, 0.29) is 17.7 Å². The molecule has 2 aromatic carbocycles. The molecule has 8 heteroatoms. The lowest BCUT2D eigenvalue weighted by Gasteiger charge is -2.35. The van der Waals surface area contributed by atoms with Crippen LogP contribution in [0.2, 0.25) is 0 Å². The van der Waals surface area contributed by atoms with E-state index in [1.807, 2.05) is 41.9 Å². The summed E-state index contributed by atoms with van der Waals surface area (Å²) in [7, 11) is 0. The van der Waals surface area contributed by atoms with Crippen molar-refractivity contribution in [1.29, 1.82) is 0 Å². The topological polar surface area (TPSA) is 70.2 Å². The molecule has 1 saturated heterocycles. The Balaban J connectivity index is 1.11. The first kappa shape index (κ1) is 28.6. The monoisotopic (exact) mass is 610 g/mol. The fourth-order valence-electron chi connectivity index (χ4n) is 6.58. The molecule has 2 fully saturated rings. The molecule has 6 nitrogen and oxygen atoms in total. The fourth-order valence-corrected chi connectivity index (χ4v) is 9.03. The number of hydrogen-bond acceptors (Lipinski definition) is 7. The van der Waals surface area contributed by atoms with Gasteiger partial charge in [-0.25, -0.2) is 0 Å². The van der Waals surface area contributed by atoms with Gasteiger partial charge in [0.25, 0.3) is 5.56 Å². The van der Waals surface area contributed by atoms with Crippen LogP contribution in [0.5, 0.6) is 0 Å². The van der Waals surface area contributed by atoms with Crippen molar-refractivity contribution in [2.75, 3.05) is 29.9 Å². The summed E-state index contributed by atoms with van der Waals surface area (Å²) < 4.78 is 6.29. The van der Waals surface area contributed by atoms with Crippen LogP contribution >= 0.6 is 23.5 Å². The zero-order valence-corrected chi connectivity index (χ0v) is 26.2. The summed E-state index contributed by atoms with van der Waals surface area (Å²) in [5, 5.41) is 3.89. The maximum absolute atomic E-state index is 12.5. The predicted molar refractivity (Wildman–Crippen MR) is 176 cm³/mol. The van der Waals surface area contributed by atoms with E-state index in [0.29, 0.717) is 25.4 Å². The molecule has 0 spiro atoms. The summed E-state index contributed by atoms with van der Waals surface area (Å²) in [6.45, 7) is 4.05. The molecule has 0 bridgehead atoms. The van der Waals surface area contributed by atoms with Gasteiger partial charge in [-0.2, -0.15) is 0 Å². The Morgan fingerprint density at radius 2 is 1.93 bits per heavy atom.